The van der Waals surface area contributed by atoms with E-state index in [4.69, 9.17) is 14.2 Å². The van der Waals surface area contributed by atoms with E-state index in [0.717, 1.165) is 17.7 Å². The minimum absolute atomic E-state index is 0.0808. The number of hydrogen-bond donors (Lipinski definition) is 1. The smallest absolute Gasteiger partial charge is 0.329 e. The van der Waals surface area contributed by atoms with E-state index in [1.54, 1.807) is 13.8 Å². The molecule has 0 aliphatic carbocycles. The fourth-order valence-corrected chi connectivity index (χ4v) is 3.74. The summed E-state index contributed by atoms with van der Waals surface area (Å²) in [7, 11) is 0. The lowest BCUT2D eigenvalue weighted by atomic mass is 10.1. The van der Waals surface area contributed by atoms with Crippen LogP contribution in [0.4, 0.5) is 0 Å². The van der Waals surface area contributed by atoms with Gasteiger partial charge in [-0.05, 0) is 38.0 Å². The molecule has 1 unspecified atom stereocenters. The number of rotatable bonds is 20. The molecule has 0 aliphatic rings. The topological polar surface area (TPSA) is 90.9 Å². The molecule has 0 radical (unpaired) electrons. The molecule has 1 atom stereocenters. The summed E-state index contributed by atoms with van der Waals surface area (Å²) in [5.41, 5.74) is 0.785. The van der Waals surface area contributed by atoms with Crippen molar-refractivity contribution in [2.45, 2.75) is 104 Å². The first-order chi connectivity index (χ1) is 17.0. The zero-order valence-electron chi connectivity index (χ0n) is 21.9. The Balaban J connectivity index is 2.31. The first-order valence-corrected chi connectivity index (χ1v) is 13.3. The first kappa shape index (κ1) is 30.5. The van der Waals surface area contributed by atoms with Gasteiger partial charge in [0.15, 0.2) is 0 Å². The third-order valence-corrected chi connectivity index (χ3v) is 5.64. The summed E-state index contributed by atoms with van der Waals surface area (Å²) < 4.78 is 15.7. The van der Waals surface area contributed by atoms with Crippen LogP contribution < -0.4 is 10.1 Å². The van der Waals surface area contributed by atoms with Crippen molar-refractivity contribution in [3.05, 3.63) is 29.8 Å². The molecular formula is C28H45NO6. The average Bonchev–Trinajstić information content (AvgIpc) is 2.83. The van der Waals surface area contributed by atoms with Crippen molar-refractivity contribution in [3.8, 4) is 5.75 Å². The van der Waals surface area contributed by atoms with Gasteiger partial charge in [0.05, 0.1) is 32.7 Å². The zero-order chi connectivity index (χ0) is 25.7. The molecule has 1 aromatic rings. The fraction of sp³-hybridized carbons (Fsp3) is 0.679. The van der Waals surface area contributed by atoms with Crippen LogP contribution >= 0.6 is 0 Å². The fourth-order valence-electron chi connectivity index (χ4n) is 3.74. The van der Waals surface area contributed by atoms with Gasteiger partial charge < -0.3 is 19.5 Å². The highest BCUT2D eigenvalue weighted by molar-refractivity contribution is 5.88. The molecule has 7 heteroatoms. The molecule has 0 fully saturated rings. The molecule has 1 amide bonds. The van der Waals surface area contributed by atoms with E-state index in [1.807, 2.05) is 24.3 Å². The van der Waals surface area contributed by atoms with Crippen LogP contribution in [0, 0.1) is 0 Å². The summed E-state index contributed by atoms with van der Waals surface area (Å²) in [4.78, 5) is 36.3. The van der Waals surface area contributed by atoms with E-state index in [9.17, 15) is 14.4 Å². The van der Waals surface area contributed by atoms with Gasteiger partial charge in [0.25, 0.3) is 0 Å². The second-order valence-electron chi connectivity index (χ2n) is 8.73. The van der Waals surface area contributed by atoms with Crippen molar-refractivity contribution < 1.29 is 28.6 Å². The quantitative estimate of drug-likeness (QED) is 0.190. The number of carbonyl (C=O) groups is 3. The van der Waals surface area contributed by atoms with Crippen molar-refractivity contribution in [1.29, 1.82) is 0 Å². The van der Waals surface area contributed by atoms with Crippen LogP contribution in [0.3, 0.4) is 0 Å². The van der Waals surface area contributed by atoms with Gasteiger partial charge >= 0.3 is 11.9 Å². The maximum Gasteiger partial charge on any atom is 0.329 e. The summed E-state index contributed by atoms with van der Waals surface area (Å²) in [5.74, 6) is -0.803. The lowest BCUT2D eigenvalue weighted by Gasteiger charge is -2.16. The van der Waals surface area contributed by atoms with E-state index in [2.05, 4.69) is 12.2 Å². The van der Waals surface area contributed by atoms with Crippen LogP contribution in [0.2, 0.25) is 0 Å². The van der Waals surface area contributed by atoms with Crippen LogP contribution in [-0.2, 0) is 30.3 Å². The molecule has 0 spiro atoms. The second-order valence-corrected chi connectivity index (χ2v) is 8.73. The van der Waals surface area contributed by atoms with Gasteiger partial charge in [0.1, 0.15) is 11.8 Å². The molecule has 0 heterocycles. The SMILES string of the molecule is CCCCCCCCCCCCOc1ccc(CC(=O)NC(CC(=O)OCC)C(=O)OCC)cc1. The number of unbranched alkanes of at least 4 members (excludes halogenated alkanes) is 9. The van der Waals surface area contributed by atoms with E-state index < -0.39 is 18.0 Å². The Labute approximate surface area is 211 Å². The number of hydrogen-bond acceptors (Lipinski definition) is 6. The zero-order valence-corrected chi connectivity index (χ0v) is 21.9. The number of ether oxygens (including phenoxy) is 3. The molecule has 0 aliphatic heterocycles. The van der Waals surface area contributed by atoms with E-state index in [0.29, 0.717) is 6.61 Å². The number of esters is 2. The largest absolute Gasteiger partial charge is 0.494 e. The molecule has 0 bridgehead atoms. The second kappa shape index (κ2) is 19.7. The van der Waals surface area contributed by atoms with Crippen LogP contribution in [-0.4, -0.2) is 43.7 Å². The molecular weight excluding hydrogens is 446 g/mol. The highest BCUT2D eigenvalue weighted by atomic mass is 16.5. The van der Waals surface area contributed by atoms with Gasteiger partial charge in [-0.25, -0.2) is 4.79 Å². The lowest BCUT2D eigenvalue weighted by Crippen LogP contribution is -2.44. The molecule has 198 valence electrons. The van der Waals surface area contributed by atoms with Gasteiger partial charge in [-0.2, -0.15) is 0 Å². The monoisotopic (exact) mass is 491 g/mol. The average molecular weight is 492 g/mol. The number of amides is 1. The Morgan fingerprint density at radius 3 is 1.91 bits per heavy atom. The molecule has 0 saturated heterocycles. The van der Waals surface area contributed by atoms with Gasteiger partial charge in [-0.3, -0.25) is 9.59 Å². The molecule has 0 saturated carbocycles. The van der Waals surface area contributed by atoms with Crippen LogP contribution in [0.5, 0.6) is 5.75 Å². The predicted octanol–water partition coefficient (Wildman–Crippen LogP) is 5.53. The predicted molar refractivity (Wildman–Crippen MR) is 137 cm³/mol. The Hall–Kier alpha value is -2.57. The highest BCUT2D eigenvalue weighted by Gasteiger charge is 2.25. The summed E-state index contributed by atoms with van der Waals surface area (Å²) in [6, 6.07) is 6.29. The summed E-state index contributed by atoms with van der Waals surface area (Å²) >= 11 is 0. The Morgan fingerprint density at radius 2 is 1.34 bits per heavy atom. The summed E-state index contributed by atoms with van der Waals surface area (Å²) in [6.07, 6.45) is 12.7. The van der Waals surface area contributed by atoms with Crippen LogP contribution in [0.25, 0.3) is 0 Å². The minimum Gasteiger partial charge on any atom is -0.494 e. The van der Waals surface area contributed by atoms with Gasteiger partial charge in [0.2, 0.25) is 5.91 Å². The van der Waals surface area contributed by atoms with Crippen molar-refractivity contribution in [1.82, 2.24) is 5.32 Å². The maximum absolute atomic E-state index is 12.4. The Kier molecular flexibility index (Phi) is 17.2. The van der Waals surface area contributed by atoms with Crippen molar-refractivity contribution >= 4 is 17.8 Å². The summed E-state index contributed by atoms with van der Waals surface area (Å²) in [5, 5.41) is 2.58. The van der Waals surface area contributed by atoms with E-state index in [-0.39, 0.29) is 32.0 Å². The minimum atomic E-state index is -1.06. The van der Waals surface area contributed by atoms with Gasteiger partial charge in [0, 0.05) is 0 Å². The van der Waals surface area contributed by atoms with Gasteiger partial charge in [-0.1, -0.05) is 76.8 Å². The van der Waals surface area contributed by atoms with Crippen molar-refractivity contribution in [2.24, 2.45) is 0 Å². The normalized spacial score (nSPS) is 11.5. The number of carbonyl (C=O) groups excluding carboxylic acids is 3. The van der Waals surface area contributed by atoms with E-state index in [1.165, 1.54) is 57.8 Å². The van der Waals surface area contributed by atoms with Crippen LogP contribution in [0.1, 0.15) is 97.0 Å². The standard InChI is InChI=1S/C28H45NO6/c1-4-7-8-9-10-11-12-13-14-15-20-35-24-18-16-23(17-19-24)21-26(30)29-25(28(32)34-6-3)22-27(31)33-5-2/h16-19,25H,4-15,20-22H2,1-3H3,(H,29,30). The maximum atomic E-state index is 12.4. The molecule has 1 rings (SSSR count). The highest BCUT2D eigenvalue weighted by Crippen LogP contribution is 2.15. The number of nitrogens with one attached hydrogen (secondary N) is 1. The Bertz CT molecular complexity index is 719. The molecule has 7 nitrogen and oxygen atoms in total. The van der Waals surface area contributed by atoms with Crippen molar-refractivity contribution in [2.75, 3.05) is 19.8 Å². The third kappa shape index (κ3) is 15.1. The molecule has 1 N–H and O–H groups in total. The number of benzene rings is 1. The lowest BCUT2D eigenvalue weighted by molar-refractivity contribution is -0.153. The van der Waals surface area contributed by atoms with E-state index >= 15 is 0 Å². The molecule has 1 aromatic carbocycles. The molecule has 0 aromatic heterocycles. The third-order valence-electron chi connectivity index (χ3n) is 5.64. The van der Waals surface area contributed by atoms with Crippen molar-refractivity contribution in [3.63, 3.8) is 0 Å². The molecule has 35 heavy (non-hydrogen) atoms. The summed E-state index contributed by atoms with van der Waals surface area (Å²) in [6.45, 7) is 6.65. The van der Waals surface area contributed by atoms with Gasteiger partial charge in [-0.15, -0.1) is 0 Å². The van der Waals surface area contributed by atoms with Crippen LogP contribution in [0.15, 0.2) is 24.3 Å². The Morgan fingerprint density at radius 1 is 0.771 bits per heavy atom. The first-order valence-electron chi connectivity index (χ1n) is 13.3.